The van der Waals surface area contributed by atoms with Crippen LogP contribution in [-0.2, 0) is 19.1 Å². The summed E-state index contributed by atoms with van der Waals surface area (Å²) in [6.45, 7) is 3.45. The monoisotopic (exact) mass is 1090 g/mol. The summed E-state index contributed by atoms with van der Waals surface area (Å²) in [5.74, 6) is 5.29. The van der Waals surface area contributed by atoms with Crippen molar-refractivity contribution in [1.82, 2.24) is 25.5 Å². The van der Waals surface area contributed by atoms with Crippen molar-refractivity contribution in [2.24, 2.45) is 0 Å². The number of likely N-dealkylation sites (N-methyl/N-ethyl adjacent to an activating group) is 1. The Hall–Kier alpha value is -7.10. The fraction of sp³-hybridized carbons (Fsp3) is 0.240. The number of carbonyl (C=O) groups is 2. The first-order chi connectivity index (χ1) is 33.8. The first-order valence-corrected chi connectivity index (χ1v) is 22.6. The number of aryl methyl sites for hydroxylation is 2. The molecule has 70 heavy (non-hydrogen) atoms. The van der Waals surface area contributed by atoms with Gasteiger partial charge >= 0.3 is 0 Å². The quantitative estimate of drug-likeness (QED) is 0.0651. The summed E-state index contributed by atoms with van der Waals surface area (Å²) in [7, 11) is 12.3. The minimum atomic E-state index is -0.837. The van der Waals surface area contributed by atoms with Crippen molar-refractivity contribution in [3.8, 4) is 68.6 Å². The Morgan fingerprint density at radius 3 is 1.36 bits per heavy atom. The molecule has 8 aromatic rings. The number of aromatic nitrogens is 4. The predicted octanol–water partition coefficient (Wildman–Crippen LogP) is 11.1. The largest absolute Gasteiger partial charge is 0.495 e. The molecular weight excluding hydrogens is 1040 g/mol. The summed E-state index contributed by atoms with van der Waals surface area (Å²) < 4.78 is 55.5. The van der Waals surface area contributed by atoms with Gasteiger partial charge in [-0.15, -0.1) is 20.4 Å². The van der Waals surface area contributed by atoms with E-state index in [4.69, 9.17) is 50.9 Å². The Balaban J connectivity index is 0.000000186. The molecule has 4 aromatic carbocycles. The van der Waals surface area contributed by atoms with E-state index in [9.17, 15) is 9.59 Å². The highest BCUT2D eigenvalue weighted by Crippen LogP contribution is 2.41. The summed E-state index contributed by atoms with van der Waals surface area (Å²) in [6, 6.07) is 28.8. The lowest BCUT2D eigenvalue weighted by atomic mass is 10.0. The first-order valence-electron chi connectivity index (χ1n) is 21.0. The summed E-state index contributed by atoms with van der Waals surface area (Å²) in [5, 5.41) is 16.7. The maximum atomic E-state index is 13.2. The number of hydrogen-bond acceptors (Lipinski definition) is 17. The van der Waals surface area contributed by atoms with Gasteiger partial charge in [-0.25, -0.2) is 5.06 Å². The number of furan rings is 2. The van der Waals surface area contributed by atoms with Crippen LogP contribution in [0.25, 0.3) is 45.6 Å². The third-order valence-electron chi connectivity index (χ3n) is 10.3. The van der Waals surface area contributed by atoms with E-state index in [1.54, 1.807) is 121 Å². The van der Waals surface area contributed by atoms with Crippen LogP contribution in [0.4, 0.5) is 0 Å². The lowest BCUT2D eigenvalue weighted by molar-refractivity contribution is -0.179. The lowest BCUT2D eigenvalue weighted by Crippen LogP contribution is -2.31. The van der Waals surface area contributed by atoms with E-state index in [0.29, 0.717) is 73.5 Å². The molecule has 0 bridgehead atoms. The average molecular weight is 1090 g/mol. The van der Waals surface area contributed by atoms with E-state index in [-0.39, 0.29) is 17.5 Å². The number of ether oxygens (including phenoxy) is 6. The van der Waals surface area contributed by atoms with Crippen molar-refractivity contribution >= 4 is 43.6 Å². The lowest BCUT2D eigenvalue weighted by Gasteiger charge is -2.20. The molecular formula is C50H49Br2N5O13. The Morgan fingerprint density at radius 1 is 0.543 bits per heavy atom. The summed E-state index contributed by atoms with van der Waals surface area (Å²) in [6.07, 6.45) is 0.0703. The van der Waals surface area contributed by atoms with E-state index in [2.05, 4.69) is 52.3 Å². The molecule has 0 spiro atoms. The van der Waals surface area contributed by atoms with Gasteiger partial charge in [-0.05, 0) is 116 Å². The molecule has 4 aromatic heterocycles. The molecule has 0 saturated carbocycles. The van der Waals surface area contributed by atoms with Crippen LogP contribution < -0.4 is 18.9 Å². The zero-order valence-electron chi connectivity index (χ0n) is 39.8. The van der Waals surface area contributed by atoms with E-state index < -0.39 is 12.2 Å². The Morgan fingerprint density at radius 2 is 0.986 bits per heavy atom. The molecule has 0 aliphatic rings. The minimum absolute atomic E-state index is 0.175. The maximum absolute atomic E-state index is 13.2. The second-order valence-electron chi connectivity index (χ2n) is 14.6. The molecule has 0 aliphatic heterocycles. The number of Topliss-reactive ketones (excluding diaryl/α,β-unsaturated/α-hetero) is 1. The van der Waals surface area contributed by atoms with Crippen molar-refractivity contribution < 1.29 is 60.5 Å². The van der Waals surface area contributed by atoms with Crippen LogP contribution in [0.5, 0.6) is 23.0 Å². The number of amides is 1. The number of carbonyl (C=O) groups excluding carboxylic acids is 2. The van der Waals surface area contributed by atoms with E-state index in [1.807, 2.05) is 24.3 Å². The van der Waals surface area contributed by atoms with Gasteiger partial charge in [-0.3, -0.25) is 14.4 Å². The van der Waals surface area contributed by atoms with Gasteiger partial charge in [0.05, 0.1) is 41.8 Å². The molecule has 2 atom stereocenters. The highest BCUT2D eigenvalue weighted by Gasteiger charge is 2.27. The molecule has 0 radical (unpaired) electrons. The number of hydrogen-bond donors (Lipinski definition) is 0. The van der Waals surface area contributed by atoms with Crippen LogP contribution >= 0.6 is 31.9 Å². The Kier molecular flexibility index (Phi) is 18.3. The van der Waals surface area contributed by atoms with Crippen LogP contribution in [0.15, 0.2) is 130 Å². The zero-order chi connectivity index (χ0) is 50.5. The highest BCUT2D eigenvalue weighted by atomic mass is 79.9. The second kappa shape index (κ2) is 24.4. The van der Waals surface area contributed by atoms with Gasteiger partial charge in [0.25, 0.3) is 5.91 Å². The number of hydroxylamine groups is 2. The molecule has 2 unspecified atom stereocenters. The molecule has 20 heteroatoms. The van der Waals surface area contributed by atoms with Crippen LogP contribution in [0, 0.1) is 13.8 Å². The molecule has 18 nitrogen and oxygen atoms in total. The molecule has 366 valence electrons. The fourth-order valence-electron chi connectivity index (χ4n) is 6.68. The van der Waals surface area contributed by atoms with Gasteiger partial charge in [0.2, 0.25) is 29.3 Å². The molecule has 4 heterocycles. The predicted molar refractivity (Wildman–Crippen MR) is 262 cm³/mol. The summed E-state index contributed by atoms with van der Waals surface area (Å²) in [4.78, 5) is 30.1. The van der Waals surface area contributed by atoms with Crippen molar-refractivity contribution in [2.45, 2.75) is 26.1 Å². The number of benzene rings is 4. The second-order valence-corrected chi connectivity index (χ2v) is 16.2. The third kappa shape index (κ3) is 12.4. The first kappa shape index (κ1) is 52.3. The minimum Gasteiger partial charge on any atom is -0.495 e. The van der Waals surface area contributed by atoms with Gasteiger partial charge in [0.1, 0.15) is 49.6 Å². The normalized spacial score (nSPS) is 11.6. The highest BCUT2D eigenvalue weighted by molar-refractivity contribution is 9.11. The van der Waals surface area contributed by atoms with Gasteiger partial charge < -0.3 is 46.1 Å². The fourth-order valence-corrected chi connectivity index (χ4v) is 7.78. The average Bonchev–Trinajstić information content (AvgIpc) is 4.25. The van der Waals surface area contributed by atoms with E-state index >= 15 is 0 Å². The standard InChI is InChI=1S/C24H21BrN2O6.C14H17N3O4.C12H11BrO3/c1-13-26-27-24(32-13)15-7-5-14(6-8-15)23(31-4)22(28)18-10-9-17(33-18)16-11-19(29-2)21(25)20(12-16)30-3;1-9-15-16-13(21-9)11-7-5-10(6-8-11)12(19-3)14(18)17(2)20-4;1-14-10-6-8(9-4-3-5-16-9)7-11(15-2)12(10)13/h5-12,23H,1-4H3;5-8,12H,1-4H3;3-7H,1-2H3. The van der Waals surface area contributed by atoms with Crippen LogP contribution in [-0.4, -0.2) is 94.0 Å². The summed E-state index contributed by atoms with van der Waals surface area (Å²) >= 11 is 6.87. The van der Waals surface area contributed by atoms with Gasteiger partial charge in [0.15, 0.2) is 11.9 Å². The van der Waals surface area contributed by atoms with Crippen LogP contribution in [0.2, 0.25) is 0 Å². The molecule has 8 rings (SSSR count). The number of halogens is 2. The molecule has 0 fully saturated rings. The number of nitrogens with zero attached hydrogens (tertiary/aromatic N) is 5. The molecule has 0 saturated heterocycles. The molecule has 0 aliphatic carbocycles. The molecule has 1 amide bonds. The Labute approximate surface area is 420 Å². The summed E-state index contributed by atoms with van der Waals surface area (Å²) in [5.41, 5.74) is 4.54. The van der Waals surface area contributed by atoms with Crippen molar-refractivity contribution in [1.29, 1.82) is 0 Å². The van der Waals surface area contributed by atoms with Gasteiger partial charge in [-0.1, -0.05) is 24.3 Å². The Bertz CT molecular complexity index is 2920. The number of methoxy groups -OCH3 is 6. The van der Waals surface area contributed by atoms with Crippen molar-refractivity contribution in [3.05, 3.63) is 141 Å². The smallest absolute Gasteiger partial charge is 0.279 e. The number of ketones is 1. The topological polar surface area (TPSA) is 206 Å². The van der Waals surface area contributed by atoms with Gasteiger partial charge in [0, 0.05) is 57.4 Å². The van der Waals surface area contributed by atoms with Crippen molar-refractivity contribution in [2.75, 3.05) is 56.8 Å². The SMILES string of the molecule is COC(C(=O)N(C)OC)c1ccc(-c2nnc(C)o2)cc1.COc1cc(-c2ccc(C(=O)C(OC)c3ccc(-c4nnc(C)o4)cc3)o2)cc(OC)c1Br.COc1cc(-c2ccco2)cc(OC)c1Br. The van der Waals surface area contributed by atoms with Gasteiger partial charge in [-0.2, -0.15) is 0 Å². The van der Waals surface area contributed by atoms with Crippen LogP contribution in [0.3, 0.4) is 0 Å². The third-order valence-corrected chi connectivity index (χ3v) is 11.9. The van der Waals surface area contributed by atoms with Crippen molar-refractivity contribution in [3.63, 3.8) is 0 Å². The van der Waals surface area contributed by atoms with E-state index in [0.717, 1.165) is 32.0 Å². The maximum Gasteiger partial charge on any atom is 0.279 e. The molecule has 0 N–H and O–H groups in total. The van der Waals surface area contributed by atoms with Crippen LogP contribution in [0.1, 0.15) is 45.7 Å². The number of rotatable bonds is 16. The van der Waals surface area contributed by atoms with E-state index in [1.165, 1.54) is 28.4 Å². The zero-order valence-corrected chi connectivity index (χ0v) is 42.9.